The van der Waals surface area contributed by atoms with Gasteiger partial charge in [0.1, 0.15) is 28.8 Å². The highest BCUT2D eigenvalue weighted by molar-refractivity contribution is 7.93. The minimum atomic E-state index is -3.91. The topological polar surface area (TPSA) is 121 Å². The van der Waals surface area contributed by atoms with Gasteiger partial charge in [-0.3, -0.25) is 9.29 Å². The van der Waals surface area contributed by atoms with Gasteiger partial charge in [-0.25, -0.2) is 18.4 Å². The smallest absolute Gasteiger partial charge is 0.243 e. The molecule has 0 aliphatic heterocycles. The summed E-state index contributed by atoms with van der Waals surface area (Å²) in [6.45, 7) is 3.35. The molecular formula is C22H27ClN6O4S. The molecule has 0 spiro atoms. The van der Waals surface area contributed by atoms with Crippen LogP contribution in [0, 0.1) is 0 Å². The zero-order chi connectivity index (χ0) is 24.5. The maximum atomic E-state index is 13.4. The molecule has 0 amide bonds. The van der Waals surface area contributed by atoms with Crippen LogP contribution in [0.15, 0.2) is 30.6 Å². The van der Waals surface area contributed by atoms with Crippen LogP contribution in [-0.2, 0) is 10.0 Å². The molecule has 1 aromatic carbocycles. The molecule has 12 heteroatoms. The van der Waals surface area contributed by atoms with E-state index in [0.29, 0.717) is 33.9 Å². The van der Waals surface area contributed by atoms with Gasteiger partial charge >= 0.3 is 0 Å². The lowest BCUT2D eigenvalue weighted by atomic mass is 9.85. The predicted octanol–water partition coefficient (Wildman–Crippen LogP) is 3.93. The zero-order valence-corrected chi connectivity index (χ0v) is 21.0. The number of aromatic nitrogens is 5. The van der Waals surface area contributed by atoms with E-state index in [-0.39, 0.29) is 11.9 Å². The molecule has 1 N–H and O–H groups in total. The Balaban J connectivity index is 1.74. The van der Waals surface area contributed by atoms with E-state index in [9.17, 15) is 8.42 Å². The summed E-state index contributed by atoms with van der Waals surface area (Å²) in [6, 6.07) is 5.36. The lowest BCUT2D eigenvalue weighted by Gasteiger charge is -2.26. The average Bonchev–Trinajstić information content (AvgIpc) is 3.18. The van der Waals surface area contributed by atoms with Gasteiger partial charge in [0.2, 0.25) is 16.0 Å². The second kappa shape index (κ2) is 9.75. The average molecular weight is 507 g/mol. The number of anilines is 1. The number of methoxy groups -OCH3 is 2. The first-order valence-corrected chi connectivity index (χ1v) is 12.8. The minimum Gasteiger partial charge on any atom is -0.494 e. The van der Waals surface area contributed by atoms with Crippen LogP contribution >= 0.6 is 11.6 Å². The SMILES string of the molecule is COc1cccc(OC)c1-n1c(NS(=O)(=O)[C@@H](C)[C@H](C)c2ncc(Cl)cn2)nnc1C1CCC1. The summed E-state index contributed by atoms with van der Waals surface area (Å²) >= 11 is 5.87. The Bertz CT molecular complexity index is 1240. The fourth-order valence-corrected chi connectivity index (χ4v) is 5.15. The van der Waals surface area contributed by atoms with Gasteiger partial charge in [-0.05, 0) is 31.9 Å². The fourth-order valence-electron chi connectivity index (χ4n) is 3.82. The molecule has 0 bridgehead atoms. The van der Waals surface area contributed by atoms with Gasteiger partial charge < -0.3 is 9.47 Å². The number of rotatable bonds is 9. The Morgan fingerprint density at radius 1 is 1.09 bits per heavy atom. The van der Waals surface area contributed by atoms with Gasteiger partial charge in [0.05, 0.1) is 24.5 Å². The van der Waals surface area contributed by atoms with Crippen LogP contribution in [0.1, 0.15) is 56.6 Å². The van der Waals surface area contributed by atoms with E-state index in [2.05, 4.69) is 24.9 Å². The Morgan fingerprint density at radius 3 is 2.24 bits per heavy atom. The summed E-state index contributed by atoms with van der Waals surface area (Å²) in [5, 5.41) is 8.09. The highest BCUT2D eigenvalue weighted by Gasteiger charge is 2.34. The Kier molecular flexibility index (Phi) is 6.94. The van der Waals surface area contributed by atoms with Gasteiger partial charge in [-0.15, -0.1) is 10.2 Å². The molecule has 3 aromatic rings. The highest BCUT2D eigenvalue weighted by Crippen LogP contribution is 2.42. The number of para-hydroxylation sites is 1. The monoisotopic (exact) mass is 506 g/mol. The number of benzene rings is 1. The first-order valence-electron chi connectivity index (χ1n) is 10.9. The molecule has 0 radical (unpaired) electrons. The van der Waals surface area contributed by atoms with Crippen molar-refractivity contribution in [2.24, 2.45) is 0 Å². The summed E-state index contributed by atoms with van der Waals surface area (Å²) < 4.78 is 42.3. The van der Waals surface area contributed by atoms with Crippen molar-refractivity contribution in [2.75, 3.05) is 18.9 Å². The standard InChI is InChI=1S/C22H27ClN6O4S/c1-13(20-24-11-16(23)12-25-20)14(2)34(30,31)28-22-27-26-21(15-7-5-8-15)29(22)19-17(32-3)9-6-10-18(19)33-4/h6,9-15H,5,7-8H2,1-4H3,(H,27,28)/t13-,14-/m0/s1. The van der Waals surface area contributed by atoms with Gasteiger partial charge in [-0.1, -0.05) is 31.0 Å². The fraction of sp³-hybridized carbons (Fsp3) is 0.455. The van der Waals surface area contributed by atoms with Crippen LogP contribution in [0.4, 0.5) is 5.95 Å². The van der Waals surface area contributed by atoms with Crippen molar-refractivity contribution in [2.45, 2.75) is 50.2 Å². The van der Waals surface area contributed by atoms with Crippen LogP contribution in [-0.4, -0.2) is 52.6 Å². The first kappa shape index (κ1) is 24.2. The van der Waals surface area contributed by atoms with Crippen LogP contribution < -0.4 is 14.2 Å². The molecular weight excluding hydrogens is 480 g/mol. The summed E-state index contributed by atoms with van der Waals surface area (Å²) in [5.74, 6) is 1.80. The minimum absolute atomic E-state index is 0.0702. The molecule has 1 saturated carbocycles. The third-order valence-corrected chi connectivity index (χ3v) is 8.31. The molecule has 0 unspecified atom stereocenters. The molecule has 10 nitrogen and oxygen atoms in total. The molecule has 2 atom stereocenters. The maximum absolute atomic E-state index is 13.4. The lowest BCUT2D eigenvalue weighted by Crippen LogP contribution is -2.31. The molecule has 34 heavy (non-hydrogen) atoms. The number of nitrogens with zero attached hydrogens (tertiary/aromatic N) is 5. The molecule has 1 aliphatic carbocycles. The third-order valence-electron chi connectivity index (χ3n) is 6.26. The number of sulfonamides is 1. The predicted molar refractivity (Wildman–Crippen MR) is 129 cm³/mol. The number of ether oxygens (including phenoxy) is 2. The second-order valence-corrected chi connectivity index (χ2v) is 10.7. The van der Waals surface area contributed by atoms with Crippen molar-refractivity contribution in [3.63, 3.8) is 0 Å². The van der Waals surface area contributed by atoms with E-state index >= 15 is 0 Å². The van der Waals surface area contributed by atoms with Crippen molar-refractivity contribution in [3.05, 3.63) is 47.3 Å². The van der Waals surface area contributed by atoms with E-state index in [0.717, 1.165) is 19.3 Å². The van der Waals surface area contributed by atoms with Crippen molar-refractivity contribution >= 4 is 27.6 Å². The van der Waals surface area contributed by atoms with Crippen molar-refractivity contribution in [1.82, 2.24) is 24.7 Å². The van der Waals surface area contributed by atoms with Crippen LogP contribution in [0.5, 0.6) is 11.5 Å². The Morgan fingerprint density at radius 2 is 1.71 bits per heavy atom. The summed E-state index contributed by atoms with van der Waals surface area (Å²) in [5.41, 5.74) is 0.541. The number of hydrogen-bond donors (Lipinski definition) is 1. The molecule has 1 fully saturated rings. The zero-order valence-electron chi connectivity index (χ0n) is 19.4. The molecule has 2 heterocycles. The van der Waals surface area contributed by atoms with Crippen LogP contribution in [0.3, 0.4) is 0 Å². The van der Waals surface area contributed by atoms with E-state index < -0.39 is 21.2 Å². The first-order chi connectivity index (χ1) is 16.3. The van der Waals surface area contributed by atoms with E-state index in [4.69, 9.17) is 21.1 Å². The van der Waals surface area contributed by atoms with E-state index in [1.165, 1.54) is 12.4 Å². The molecule has 1 aliphatic rings. The van der Waals surface area contributed by atoms with Crippen LogP contribution in [0.25, 0.3) is 5.69 Å². The molecule has 4 rings (SSSR count). The Hall–Kier alpha value is -2.92. The Labute approximate surface area is 203 Å². The summed E-state index contributed by atoms with van der Waals surface area (Å²) in [6.07, 6.45) is 5.87. The quantitative estimate of drug-likeness (QED) is 0.463. The summed E-state index contributed by atoms with van der Waals surface area (Å²) in [4.78, 5) is 8.35. The molecule has 2 aromatic heterocycles. The second-order valence-electron chi connectivity index (χ2n) is 8.26. The lowest BCUT2D eigenvalue weighted by molar-refractivity contribution is 0.379. The molecule has 0 saturated heterocycles. The third kappa shape index (κ3) is 4.54. The van der Waals surface area contributed by atoms with E-state index in [1.807, 2.05) is 0 Å². The van der Waals surface area contributed by atoms with Crippen molar-refractivity contribution < 1.29 is 17.9 Å². The van der Waals surface area contributed by atoms with E-state index in [1.54, 1.807) is 50.8 Å². The van der Waals surface area contributed by atoms with Gasteiger partial charge in [-0.2, -0.15) is 0 Å². The van der Waals surface area contributed by atoms with Gasteiger partial charge in [0, 0.05) is 24.2 Å². The normalized spacial score (nSPS) is 15.9. The van der Waals surface area contributed by atoms with Gasteiger partial charge in [0.25, 0.3) is 0 Å². The van der Waals surface area contributed by atoms with Crippen molar-refractivity contribution in [1.29, 1.82) is 0 Å². The number of nitrogens with one attached hydrogen (secondary N) is 1. The van der Waals surface area contributed by atoms with Crippen molar-refractivity contribution in [3.8, 4) is 17.2 Å². The highest BCUT2D eigenvalue weighted by atomic mass is 35.5. The number of halogens is 1. The molecule has 182 valence electrons. The number of hydrogen-bond acceptors (Lipinski definition) is 8. The van der Waals surface area contributed by atoms with Gasteiger partial charge in [0.15, 0.2) is 0 Å². The maximum Gasteiger partial charge on any atom is 0.243 e. The largest absolute Gasteiger partial charge is 0.494 e. The summed E-state index contributed by atoms with van der Waals surface area (Å²) in [7, 11) is -0.816. The van der Waals surface area contributed by atoms with Crippen LogP contribution in [0.2, 0.25) is 5.02 Å².